The first-order chi connectivity index (χ1) is 12.2. The molecule has 3 nitrogen and oxygen atoms in total. The molecule has 4 heteroatoms. The van der Waals surface area contributed by atoms with Gasteiger partial charge in [-0.15, -0.1) is 11.3 Å². The Bertz CT molecular complexity index is 767. The molecule has 1 atom stereocenters. The van der Waals surface area contributed by atoms with E-state index in [-0.39, 0.29) is 11.9 Å². The Morgan fingerprint density at radius 2 is 2.00 bits per heavy atom. The highest BCUT2D eigenvalue weighted by Gasteiger charge is 2.20. The van der Waals surface area contributed by atoms with Gasteiger partial charge in [-0.3, -0.25) is 9.69 Å². The Balaban J connectivity index is 1.34. The van der Waals surface area contributed by atoms with Gasteiger partial charge < -0.3 is 5.32 Å². The molecule has 0 radical (unpaired) electrons. The van der Waals surface area contributed by atoms with Gasteiger partial charge in [0.2, 0.25) is 5.91 Å². The minimum atomic E-state index is 0.0706. The second kappa shape index (κ2) is 7.30. The molecule has 2 aliphatic rings. The SMILES string of the molecule is CC(NC(=O)CN1CCc2sccc2C1)c1ccc2c(c1)CCCC2. The van der Waals surface area contributed by atoms with Crippen LogP contribution in [0.2, 0.25) is 0 Å². The van der Waals surface area contributed by atoms with E-state index in [1.54, 1.807) is 0 Å². The van der Waals surface area contributed by atoms with Crippen LogP contribution in [0.15, 0.2) is 29.6 Å². The van der Waals surface area contributed by atoms with Crippen molar-refractivity contribution in [2.45, 2.75) is 51.6 Å². The molecule has 4 rings (SSSR count). The lowest BCUT2D eigenvalue weighted by Crippen LogP contribution is -2.40. The number of amides is 1. The van der Waals surface area contributed by atoms with E-state index in [9.17, 15) is 4.79 Å². The Hall–Kier alpha value is -1.65. The van der Waals surface area contributed by atoms with Crippen molar-refractivity contribution in [3.05, 3.63) is 56.8 Å². The molecule has 25 heavy (non-hydrogen) atoms. The van der Waals surface area contributed by atoms with E-state index in [4.69, 9.17) is 0 Å². The number of aryl methyl sites for hydroxylation is 2. The number of fused-ring (bicyclic) bond motifs is 2. The Morgan fingerprint density at radius 1 is 1.16 bits per heavy atom. The molecule has 1 aromatic heterocycles. The van der Waals surface area contributed by atoms with Gasteiger partial charge in [0, 0.05) is 18.0 Å². The van der Waals surface area contributed by atoms with Gasteiger partial charge in [-0.2, -0.15) is 0 Å². The highest BCUT2D eigenvalue weighted by molar-refractivity contribution is 7.10. The van der Waals surface area contributed by atoms with Gasteiger partial charge in [0.15, 0.2) is 0 Å². The Labute approximate surface area is 154 Å². The topological polar surface area (TPSA) is 32.3 Å². The second-order valence-corrected chi connectivity index (χ2v) is 8.35. The van der Waals surface area contributed by atoms with Crippen LogP contribution in [0, 0.1) is 0 Å². The number of hydrogen-bond acceptors (Lipinski definition) is 3. The van der Waals surface area contributed by atoms with Crippen molar-refractivity contribution in [3.8, 4) is 0 Å². The first-order valence-corrected chi connectivity index (χ1v) is 10.3. The minimum Gasteiger partial charge on any atom is -0.348 e. The number of carbonyl (C=O) groups is 1. The summed E-state index contributed by atoms with van der Waals surface area (Å²) in [5, 5.41) is 5.35. The summed E-state index contributed by atoms with van der Waals surface area (Å²) >= 11 is 1.84. The van der Waals surface area contributed by atoms with Crippen LogP contribution >= 0.6 is 11.3 Å². The number of nitrogens with one attached hydrogen (secondary N) is 1. The predicted octanol–water partition coefficient (Wildman–Crippen LogP) is 3.86. The van der Waals surface area contributed by atoms with Crippen LogP contribution in [0.3, 0.4) is 0 Å². The summed E-state index contributed by atoms with van der Waals surface area (Å²) in [5.41, 5.74) is 5.60. The summed E-state index contributed by atoms with van der Waals surface area (Å²) in [4.78, 5) is 16.2. The molecule has 0 spiro atoms. The molecule has 1 amide bonds. The first-order valence-electron chi connectivity index (χ1n) is 9.38. The molecule has 0 bridgehead atoms. The van der Waals surface area contributed by atoms with Gasteiger partial charge in [-0.05, 0) is 72.7 Å². The molecule has 2 aromatic rings. The zero-order valence-electron chi connectivity index (χ0n) is 14.9. The lowest BCUT2D eigenvalue weighted by molar-refractivity contribution is -0.123. The maximum Gasteiger partial charge on any atom is 0.234 e. The summed E-state index contributed by atoms with van der Waals surface area (Å²) in [7, 11) is 0. The number of rotatable bonds is 4. The lowest BCUT2D eigenvalue weighted by Gasteiger charge is -2.27. The van der Waals surface area contributed by atoms with E-state index < -0.39 is 0 Å². The maximum absolute atomic E-state index is 12.5. The lowest BCUT2D eigenvalue weighted by atomic mass is 9.89. The quantitative estimate of drug-likeness (QED) is 0.904. The first kappa shape index (κ1) is 16.8. The van der Waals surface area contributed by atoms with Crippen molar-refractivity contribution < 1.29 is 4.79 Å². The Kier molecular flexibility index (Phi) is 4.91. The molecule has 1 unspecified atom stereocenters. The second-order valence-electron chi connectivity index (χ2n) is 7.35. The van der Waals surface area contributed by atoms with Gasteiger partial charge >= 0.3 is 0 Å². The molecule has 0 saturated heterocycles. The van der Waals surface area contributed by atoms with E-state index in [1.165, 1.54) is 52.8 Å². The Morgan fingerprint density at radius 3 is 2.88 bits per heavy atom. The van der Waals surface area contributed by atoms with E-state index >= 15 is 0 Å². The third kappa shape index (κ3) is 3.80. The molecule has 0 saturated carbocycles. The smallest absolute Gasteiger partial charge is 0.234 e. The predicted molar refractivity (Wildman–Crippen MR) is 103 cm³/mol. The van der Waals surface area contributed by atoms with Crippen LogP contribution in [-0.4, -0.2) is 23.9 Å². The summed E-state index contributed by atoms with van der Waals surface area (Å²) in [5.74, 6) is 0.129. The van der Waals surface area contributed by atoms with Crippen LogP contribution in [0.4, 0.5) is 0 Å². The van der Waals surface area contributed by atoms with Crippen LogP contribution in [0.25, 0.3) is 0 Å². The zero-order chi connectivity index (χ0) is 17.2. The van der Waals surface area contributed by atoms with Crippen molar-refractivity contribution in [2.24, 2.45) is 0 Å². The maximum atomic E-state index is 12.5. The molecule has 1 aromatic carbocycles. The van der Waals surface area contributed by atoms with Gasteiger partial charge in [0.1, 0.15) is 0 Å². The van der Waals surface area contributed by atoms with Crippen molar-refractivity contribution in [1.82, 2.24) is 10.2 Å². The van der Waals surface area contributed by atoms with Crippen molar-refractivity contribution >= 4 is 17.2 Å². The van der Waals surface area contributed by atoms with Crippen molar-refractivity contribution in [1.29, 1.82) is 0 Å². The monoisotopic (exact) mass is 354 g/mol. The molecule has 1 N–H and O–H groups in total. The fourth-order valence-corrected chi connectivity index (χ4v) is 4.93. The molecule has 0 fully saturated rings. The van der Waals surface area contributed by atoms with E-state index in [0.29, 0.717) is 6.54 Å². The molecular weight excluding hydrogens is 328 g/mol. The molecule has 1 aliphatic heterocycles. The number of hydrogen-bond donors (Lipinski definition) is 1. The fourth-order valence-electron chi connectivity index (χ4n) is 4.04. The molecule has 2 heterocycles. The highest BCUT2D eigenvalue weighted by Crippen LogP contribution is 2.25. The van der Waals surface area contributed by atoms with E-state index in [2.05, 4.69) is 46.8 Å². The van der Waals surface area contributed by atoms with Crippen LogP contribution in [-0.2, 0) is 30.6 Å². The third-order valence-corrected chi connectivity index (χ3v) is 6.53. The van der Waals surface area contributed by atoms with E-state index in [0.717, 1.165) is 19.5 Å². The van der Waals surface area contributed by atoms with Crippen molar-refractivity contribution in [2.75, 3.05) is 13.1 Å². The third-order valence-electron chi connectivity index (χ3n) is 5.50. The van der Waals surface area contributed by atoms with Gasteiger partial charge in [0.05, 0.1) is 12.6 Å². The number of nitrogens with zero attached hydrogens (tertiary/aromatic N) is 1. The molecule has 132 valence electrons. The number of carbonyl (C=O) groups excluding carboxylic acids is 1. The molecule has 1 aliphatic carbocycles. The fraction of sp³-hybridized carbons (Fsp3) is 0.476. The summed E-state index contributed by atoms with van der Waals surface area (Å²) in [6, 6.07) is 9.02. The zero-order valence-corrected chi connectivity index (χ0v) is 15.7. The number of benzene rings is 1. The standard InChI is InChI=1S/C21H26N2OS/c1-15(17-7-6-16-4-2-3-5-18(16)12-17)22-21(24)14-23-10-8-20-19(13-23)9-11-25-20/h6-7,9,11-12,15H,2-5,8,10,13-14H2,1H3,(H,22,24). The van der Waals surface area contributed by atoms with Crippen LogP contribution in [0.5, 0.6) is 0 Å². The molecular formula is C21H26N2OS. The van der Waals surface area contributed by atoms with Crippen molar-refractivity contribution in [3.63, 3.8) is 0 Å². The highest BCUT2D eigenvalue weighted by atomic mass is 32.1. The van der Waals surface area contributed by atoms with Crippen LogP contribution < -0.4 is 5.32 Å². The summed E-state index contributed by atoms with van der Waals surface area (Å²) in [6.45, 7) is 4.47. The summed E-state index contributed by atoms with van der Waals surface area (Å²) < 4.78 is 0. The van der Waals surface area contributed by atoms with E-state index in [1.807, 2.05) is 11.3 Å². The van der Waals surface area contributed by atoms with Gasteiger partial charge in [-0.1, -0.05) is 18.2 Å². The largest absolute Gasteiger partial charge is 0.348 e. The average molecular weight is 355 g/mol. The minimum absolute atomic E-state index is 0.0706. The number of thiophene rings is 1. The average Bonchev–Trinajstić information content (AvgIpc) is 3.09. The summed E-state index contributed by atoms with van der Waals surface area (Å²) in [6.07, 6.45) is 6.05. The normalized spacial score (nSPS) is 18.3. The van der Waals surface area contributed by atoms with Gasteiger partial charge in [0.25, 0.3) is 0 Å². The van der Waals surface area contributed by atoms with Crippen LogP contribution in [0.1, 0.15) is 52.9 Å². The van der Waals surface area contributed by atoms with Gasteiger partial charge in [-0.25, -0.2) is 0 Å².